The highest BCUT2D eigenvalue weighted by atomic mass is 32.2. The van der Waals surface area contributed by atoms with Crippen molar-refractivity contribution >= 4 is 10.0 Å². The maximum atomic E-state index is 14.3. The second-order valence-corrected chi connectivity index (χ2v) is 8.59. The van der Waals surface area contributed by atoms with Gasteiger partial charge in [-0.2, -0.15) is 65.9 Å². The molecule has 1 atom stereocenters. The molecule has 0 saturated carbocycles. The van der Waals surface area contributed by atoms with E-state index in [9.17, 15) is 83.1 Å². The Labute approximate surface area is 188 Å². The van der Waals surface area contributed by atoms with E-state index in [0.29, 0.717) is 4.72 Å². The first-order chi connectivity index (χ1) is 15.6. The molecular formula is C15H8F17NO2S. The van der Waals surface area contributed by atoms with Crippen LogP contribution in [0.3, 0.4) is 0 Å². The molecule has 3 nitrogen and oxygen atoms in total. The van der Waals surface area contributed by atoms with Crippen LogP contribution in [0.15, 0.2) is 30.3 Å². The largest absolute Gasteiger partial charge is 0.435 e. The van der Waals surface area contributed by atoms with Crippen LogP contribution in [0.1, 0.15) is 5.56 Å². The molecule has 0 radical (unpaired) electrons. The molecule has 0 amide bonds. The van der Waals surface area contributed by atoms with Gasteiger partial charge in [-0.3, -0.25) is 0 Å². The zero-order chi connectivity index (χ0) is 29.0. The predicted molar refractivity (Wildman–Crippen MR) is 82.9 cm³/mol. The van der Waals surface area contributed by atoms with E-state index in [0.717, 1.165) is 24.3 Å². The number of halogens is 17. The summed E-state index contributed by atoms with van der Waals surface area (Å²) in [4.78, 5) is 0. The summed E-state index contributed by atoms with van der Waals surface area (Å²) in [6.07, 6.45) is -25.6. The number of benzene rings is 1. The topological polar surface area (TPSA) is 46.2 Å². The first-order valence-corrected chi connectivity index (χ1v) is 9.81. The lowest BCUT2D eigenvalue weighted by molar-refractivity contribution is -0.469. The fourth-order valence-electron chi connectivity index (χ4n) is 2.57. The Bertz CT molecular complexity index is 1010. The van der Waals surface area contributed by atoms with Gasteiger partial charge in [0.25, 0.3) is 10.0 Å². The van der Waals surface area contributed by atoms with Gasteiger partial charge in [0.05, 0.1) is 0 Å². The Morgan fingerprint density at radius 3 is 1.25 bits per heavy atom. The van der Waals surface area contributed by atoms with Gasteiger partial charge in [-0.05, 0) is 5.56 Å². The van der Waals surface area contributed by atoms with E-state index in [-0.39, 0.29) is 0 Å². The zero-order valence-corrected chi connectivity index (χ0v) is 17.1. The summed E-state index contributed by atoms with van der Waals surface area (Å²) < 4.78 is 250. The van der Waals surface area contributed by atoms with Crippen molar-refractivity contribution in [2.24, 2.45) is 0 Å². The van der Waals surface area contributed by atoms with Crippen LogP contribution in [0, 0.1) is 0 Å². The van der Waals surface area contributed by atoms with E-state index in [1.54, 1.807) is 0 Å². The van der Waals surface area contributed by atoms with E-state index in [1.807, 2.05) is 0 Å². The highest BCUT2D eigenvalue weighted by Crippen LogP contribution is 2.67. The maximum Gasteiger partial charge on any atom is 0.435 e. The monoisotopic (exact) mass is 589 g/mol. The van der Waals surface area contributed by atoms with Crippen molar-refractivity contribution in [3.63, 3.8) is 0 Å². The summed E-state index contributed by atoms with van der Waals surface area (Å²) in [5, 5.41) is -7.76. The minimum Gasteiger partial charge on any atom is -0.222 e. The van der Waals surface area contributed by atoms with Crippen molar-refractivity contribution in [3.8, 4) is 0 Å². The van der Waals surface area contributed by atoms with Gasteiger partial charge in [-0.25, -0.2) is 21.9 Å². The third-order valence-electron chi connectivity index (χ3n) is 4.49. The number of nitrogens with one attached hydrogen (secondary N) is 1. The molecule has 0 aliphatic heterocycles. The smallest absolute Gasteiger partial charge is 0.222 e. The summed E-state index contributed by atoms with van der Waals surface area (Å²) >= 11 is 0. The summed E-state index contributed by atoms with van der Waals surface area (Å²) in [6, 6.07) is 5.06. The molecule has 1 N–H and O–H groups in total. The normalized spacial score (nSPS) is 17.1. The molecule has 1 aromatic carbocycles. The zero-order valence-electron chi connectivity index (χ0n) is 16.2. The quantitative estimate of drug-likeness (QED) is 0.375. The van der Waals surface area contributed by atoms with Gasteiger partial charge in [0, 0.05) is 6.54 Å². The molecule has 21 heteroatoms. The molecule has 0 spiro atoms. The SMILES string of the molecule is O=S(=O)(NCc1ccccc1)C(F)(F)C(F)(F)C(F)(F)C(F)(C(F)(F)F)C(F)(C(F)(F)F)C(F)(F)F. The third kappa shape index (κ3) is 4.34. The van der Waals surface area contributed by atoms with Gasteiger partial charge in [-0.15, -0.1) is 0 Å². The first kappa shape index (κ1) is 32.0. The second kappa shape index (κ2) is 8.76. The molecule has 1 rings (SSSR count). The maximum absolute atomic E-state index is 14.3. The molecule has 1 unspecified atom stereocenters. The summed E-state index contributed by atoms with van der Waals surface area (Å²) in [7, 11) is -7.45. The van der Waals surface area contributed by atoms with Crippen LogP contribution in [0.4, 0.5) is 74.6 Å². The molecule has 0 saturated heterocycles. The summed E-state index contributed by atoms with van der Waals surface area (Å²) in [5.41, 5.74) is -18.7. The number of rotatable bonds is 8. The Hall–Kier alpha value is -2.06. The van der Waals surface area contributed by atoms with Crippen LogP contribution in [0.5, 0.6) is 0 Å². The molecule has 0 bridgehead atoms. The van der Waals surface area contributed by atoms with Gasteiger partial charge >= 0.3 is 47.0 Å². The molecule has 0 heterocycles. The molecule has 0 aromatic heterocycles. The van der Waals surface area contributed by atoms with Crippen molar-refractivity contribution in [1.29, 1.82) is 0 Å². The van der Waals surface area contributed by atoms with Gasteiger partial charge < -0.3 is 0 Å². The highest BCUT2D eigenvalue weighted by molar-refractivity contribution is 7.90. The molecular weight excluding hydrogens is 581 g/mol. The van der Waals surface area contributed by atoms with Crippen LogP contribution in [0.2, 0.25) is 0 Å². The third-order valence-corrected chi connectivity index (χ3v) is 5.94. The Morgan fingerprint density at radius 1 is 0.556 bits per heavy atom. The Kier molecular flexibility index (Phi) is 7.78. The molecule has 0 aliphatic carbocycles. The van der Waals surface area contributed by atoms with E-state index in [1.165, 1.54) is 6.07 Å². The average Bonchev–Trinajstić information content (AvgIpc) is 2.68. The van der Waals surface area contributed by atoms with E-state index in [4.69, 9.17) is 0 Å². The average molecular weight is 589 g/mol. The van der Waals surface area contributed by atoms with Crippen molar-refractivity contribution < 1.29 is 83.1 Å². The molecule has 0 aliphatic rings. The van der Waals surface area contributed by atoms with Crippen molar-refractivity contribution in [3.05, 3.63) is 35.9 Å². The minimum absolute atomic E-state index is 0.418. The van der Waals surface area contributed by atoms with Crippen molar-refractivity contribution in [2.75, 3.05) is 0 Å². The molecule has 1 aromatic rings. The lowest BCUT2D eigenvalue weighted by Gasteiger charge is -2.47. The predicted octanol–water partition coefficient (Wildman–Crippen LogP) is 6.07. The fourth-order valence-corrected chi connectivity index (χ4v) is 3.58. The Morgan fingerprint density at radius 2 is 0.917 bits per heavy atom. The summed E-state index contributed by atoms with van der Waals surface area (Å²) in [6.45, 7) is -1.52. The lowest BCUT2D eigenvalue weighted by Crippen LogP contribution is -2.82. The van der Waals surface area contributed by atoms with E-state index >= 15 is 0 Å². The molecule has 0 fully saturated rings. The fraction of sp³-hybridized carbons (Fsp3) is 0.600. The van der Waals surface area contributed by atoms with Gasteiger partial charge in [0.1, 0.15) is 0 Å². The highest BCUT2D eigenvalue weighted by Gasteiger charge is 3.01. The van der Waals surface area contributed by atoms with Crippen LogP contribution < -0.4 is 4.72 Å². The van der Waals surface area contributed by atoms with Crippen LogP contribution in [-0.2, 0) is 16.6 Å². The van der Waals surface area contributed by atoms with Crippen LogP contribution >= 0.6 is 0 Å². The second-order valence-electron chi connectivity index (χ2n) is 6.79. The number of sulfonamides is 1. The van der Waals surface area contributed by atoms with Crippen LogP contribution in [-0.4, -0.2) is 55.4 Å². The van der Waals surface area contributed by atoms with Gasteiger partial charge in [0.15, 0.2) is 0 Å². The minimum atomic E-state index is -9.24. The van der Waals surface area contributed by atoms with Crippen molar-refractivity contribution in [1.82, 2.24) is 4.72 Å². The summed E-state index contributed by atoms with van der Waals surface area (Å²) in [5.74, 6) is -17.7. The van der Waals surface area contributed by atoms with Gasteiger partial charge in [0.2, 0.25) is 0 Å². The molecule has 36 heavy (non-hydrogen) atoms. The lowest BCUT2D eigenvalue weighted by atomic mass is 9.76. The molecule has 210 valence electrons. The standard InChI is InChI=1S/C15H8F17NO2S/c16-8(12(22,23)24,9(17,13(25,26)27)14(28,29)30)10(18,19)11(20,21)15(31,32)36(34,35)33-6-7-4-2-1-3-5-7/h1-5,33H,6H2. The number of hydrogen-bond acceptors (Lipinski definition) is 2. The van der Waals surface area contributed by atoms with Crippen molar-refractivity contribution in [2.45, 2.75) is 53.5 Å². The number of alkyl halides is 17. The van der Waals surface area contributed by atoms with Crippen LogP contribution in [0.25, 0.3) is 0 Å². The van der Waals surface area contributed by atoms with E-state index < -0.39 is 69.1 Å². The van der Waals surface area contributed by atoms with Gasteiger partial charge in [-0.1, -0.05) is 30.3 Å². The number of hydrogen-bond donors (Lipinski definition) is 1. The van der Waals surface area contributed by atoms with E-state index in [2.05, 4.69) is 0 Å². The first-order valence-electron chi connectivity index (χ1n) is 8.32. The Balaban J connectivity index is 3.87.